The smallest absolute Gasteiger partial charge is 0.326 e. The normalized spacial score (nSPS) is 15.5. The molecule has 1 aliphatic heterocycles. The van der Waals surface area contributed by atoms with Crippen molar-refractivity contribution in [2.75, 3.05) is 6.54 Å². The fourth-order valence-electron chi connectivity index (χ4n) is 3.23. The molecule has 0 aliphatic carbocycles. The second kappa shape index (κ2) is 8.48. The molecule has 138 valence electrons. The van der Waals surface area contributed by atoms with Crippen LogP contribution in [-0.2, 0) is 20.9 Å². The number of esters is 1. The molecule has 7 heteroatoms. The highest BCUT2D eigenvalue weighted by atomic mass is 16.5. The van der Waals surface area contributed by atoms with Crippen LogP contribution in [0.2, 0.25) is 0 Å². The van der Waals surface area contributed by atoms with Crippen molar-refractivity contribution >= 4 is 17.9 Å². The molecule has 26 heavy (non-hydrogen) atoms. The molecule has 3 amide bonds. The number of hydrogen-bond donors (Lipinski definition) is 1. The standard InChI is InChI=1S/C19H23N3O4/c1-3-9-19(10-4-2)17(24)22(18(25)21-19)12-16(23)26-13-15-8-6-5-7-14(15)11-20/h5-8H,3-4,9-10,12-13H2,1-2H3,(H,21,25). The lowest BCUT2D eigenvalue weighted by molar-refractivity contribution is -0.149. The predicted octanol–water partition coefficient (Wildman–Crippen LogP) is 2.49. The van der Waals surface area contributed by atoms with Crippen LogP contribution in [0.3, 0.4) is 0 Å². The Bertz CT molecular complexity index is 733. The number of imide groups is 1. The molecule has 0 atom stereocenters. The maximum absolute atomic E-state index is 12.7. The van der Waals surface area contributed by atoms with E-state index in [-0.39, 0.29) is 12.5 Å². The highest BCUT2D eigenvalue weighted by molar-refractivity contribution is 6.08. The van der Waals surface area contributed by atoms with Gasteiger partial charge in [-0.1, -0.05) is 44.9 Å². The van der Waals surface area contributed by atoms with E-state index in [4.69, 9.17) is 10.00 Å². The van der Waals surface area contributed by atoms with Crippen LogP contribution in [0.4, 0.5) is 4.79 Å². The molecule has 7 nitrogen and oxygen atoms in total. The monoisotopic (exact) mass is 357 g/mol. The van der Waals surface area contributed by atoms with Crippen LogP contribution in [0.1, 0.15) is 50.7 Å². The Labute approximate surface area is 152 Å². The summed E-state index contributed by atoms with van der Waals surface area (Å²) in [5.41, 5.74) is 0.0703. The number of ether oxygens (including phenoxy) is 1. The first kappa shape index (κ1) is 19.4. The lowest BCUT2D eigenvalue weighted by Crippen LogP contribution is -2.47. The third-order valence-corrected chi connectivity index (χ3v) is 4.41. The second-order valence-electron chi connectivity index (χ2n) is 6.33. The van der Waals surface area contributed by atoms with Gasteiger partial charge in [-0.05, 0) is 18.9 Å². The molecule has 1 heterocycles. The Morgan fingerprint density at radius 2 is 1.88 bits per heavy atom. The summed E-state index contributed by atoms with van der Waals surface area (Å²) in [5, 5.41) is 11.8. The molecule has 0 aromatic heterocycles. The van der Waals surface area contributed by atoms with Crippen LogP contribution in [0.5, 0.6) is 0 Å². The number of benzene rings is 1. The van der Waals surface area contributed by atoms with E-state index in [2.05, 4.69) is 5.32 Å². The molecule has 0 radical (unpaired) electrons. The molecule has 1 aliphatic rings. The summed E-state index contributed by atoms with van der Waals surface area (Å²) in [4.78, 5) is 38.0. The highest BCUT2D eigenvalue weighted by Gasteiger charge is 2.50. The number of nitriles is 1. The Hall–Kier alpha value is -2.88. The van der Waals surface area contributed by atoms with Crippen molar-refractivity contribution in [2.45, 2.75) is 51.7 Å². The van der Waals surface area contributed by atoms with E-state index in [1.165, 1.54) is 0 Å². The first-order chi connectivity index (χ1) is 12.5. The molecule has 0 saturated carbocycles. The molecule has 0 unspecified atom stereocenters. The number of hydrogen-bond acceptors (Lipinski definition) is 5. The van der Waals surface area contributed by atoms with E-state index in [9.17, 15) is 14.4 Å². The van der Waals surface area contributed by atoms with Gasteiger partial charge in [0.25, 0.3) is 5.91 Å². The molecule has 2 rings (SSSR count). The van der Waals surface area contributed by atoms with E-state index in [1.807, 2.05) is 19.9 Å². The SMILES string of the molecule is CCCC1(CCC)NC(=O)N(CC(=O)OCc2ccccc2C#N)C1=O. The largest absolute Gasteiger partial charge is 0.459 e. The van der Waals surface area contributed by atoms with Crippen molar-refractivity contribution < 1.29 is 19.1 Å². The summed E-state index contributed by atoms with van der Waals surface area (Å²) in [7, 11) is 0. The van der Waals surface area contributed by atoms with E-state index in [1.54, 1.807) is 24.3 Å². The Kier molecular flexibility index (Phi) is 6.34. The van der Waals surface area contributed by atoms with Crippen molar-refractivity contribution in [3.05, 3.63) is 35.4 Å². The van der Waals surface area contributed by atoms with Gasteiger partial charge < -0.3 is 10.1 Å². The molecular formula is C19H23N3O4. The van der Waals surface area contributed by atoms with Crippen molar-refractivity contribution in [3.63, 3.8) is 0 Å². The van der Waals surface area contributed by atoms with Crippen LogP contribution < -0.4 is 5.32 Å². The molecular weight excluding hydrogens is 334 g/mol. The minimum Gasteiger partial charge on any atom is -0.459 e. The highest BCUT2D eigenvalue weighted by Crippen LogP contribution is 2.28. The van der Waals surface area contributed by atoms with Gasteiger partial charge in [0, 0.05) is 5.56 Å². The average Bonchev–Trinajstić information content (AvgIpc) is 2.85. The molecule has 0 spiro atoms. The Morgan fingerprint density at radius 1 is 1.23 bits per heavy atom. The number of carbonyl (C=O) groups is 3. The first-order valence-corrected chi connectivity index (χ1v) is 8.75. The van der Waals surface area contributed by atoms with Gasteiger partial charge in [0.2, 0.25) is 0 Å². The quantitative estimate of drug-likeness (QED) is 0.569. The van der Waals surface area contributed by atoms with Crippen molar-refractivity contribution in [3.8, 4) is 6.07 Å². The number of carbonyl (C=O) groups excluding carboxylic acids is 3. The number of amides is 3. The zero-order valence-electron chi connectivity index (χ0n) is 15.1. The summed E-state index contributed by atoms with van der Waals surface area (Å²) < 4.78 is 5.15. The third-order valence-electron chi connectivity index (χ3n) is 4.41. The van der Waals surface area contributed by atoms with Gasteiger partial charge in [-0.3, -0.25) is 14.5 Å². The van der Waals surface area contributed by atoms with Crippen LogP contribution in [0.25, 0.3) is 0 Å². The summed E-state index contributed by atoms with van der Waals surface area (Å²) in [6.07, 6.45) is 2.56. The average molecular weight is 357 g/mol. The number of rotatable bonds is 8. The van der Waals surface area contributed by atoms with E-state index < -0.39 is 24.1 Å². The van der Waals surface area contributed by atoms with Gasteiger partial charge in [-0.25, -0.2) is 4.79 Å². The van der Waals surface area contributed by atoms with Crippen LogP contribution in [-0.4, -0.2) is 34.9 Å². The maximum Gasteiger partial charge on any atom is 0.326 e. The summed E-state index contributed by atoms with van der Waals surface area (Å²) in [6.45, 7) is 3.37. The lowest BCUT2D eigenvalue weighted by atomic mass is 9.88. The minimum absolute atomic E-state index is 0.0821. The fraction of sp³-hybridized carbons (Fsp3) is 0.474. The van der Waals surface area contributed by atoms with Crippen molar-refractivity contribution in [2.24, 2.45) is 0 Å². The van der Waals surface area contributed by atoms with E-state index in [0.717, 1.165) is 17.7 Å². The lowest BCUT2D eigenvalue weighted by Gasteiger charge is -2.25. The zero-order chi connectivity index (χ0) is 19.2. The van der Waals surface area contributed by atoms with Crippen molar-refractivity contribution in [1.29, 1.82) is 5.26 Å². The summed E-state index contributed by atoms with van der Waals surface area (Å²) in [5.74, 6) is -1.06. The molecule has 1 aromatic carbocycles. The molecule has 1 saturated heterocycles. The molecule has 0 bridgehead atoms. The van der Waals surface area contributed by atoms with Crippen molar-refractivity contribution in [1.82, 2.24) is 10.2 Å². The Balaban J connectivity index is 2.01. The van der Waals surface area contributed by atoms with Crippen LogP contribution in [0.15, 0.2) is 24.3 Å². The van der Waals surface area contributed by atoms with Gasteiger partial charge in [-0.15, -0.1) is 0 Å². The predicted molar refractivity (Wildman–Crippen MR) is 93.7 cm³/mol. The van der Waals surface area contributed by atoms with Gasteiger partial charge in [0.1, 0.15) is 18.7 Å². The van der Waals surface area contributed by atoms with Crippen LogP contribution >= 0.6 is 0 Å². The number of nitrogens with zero attached hydrogens (tertiary/aromatic N) is 2. The molecule has 1 N–H and O–H groups in total. The summed E-state index contributed by atoms with van der Waals surface area (Å²) >= 11 is 0. The summed E-state index contributed by atoms with van der Waals surface area (Å²) in [6, 6.07) is 8.24. The van der Waals surface area contributed by atoms with E-state index in [0.29, 0.717) is 24.0 Å². The van der Waals surface area contributed by atoms with Gasteiger partial charge in [0.15, 0.2) is 0 Å². The Morgan fingerprint density at radius 3 is 2.50 bits per heavy atom. The second-order valence-corrected chi connectivity index (χ2v) is 6.33. The number of urea groups is 1. The molecule has 1 fully saturated rings. The third kappa shape index (κ3) is 4.02. The molecule has 1 aromatic rings. The van der Waals surface area contributed by atoms with Gasteiger partial charge >= 0.3 is 12.0 Å². The number of nitrogens with one attached hydrogen (secondary N) is 1. The fourth-order valence-corrected chi connectivity index (χ4v) is 3.23. The zero-order valence-corrected chi connectivity index (χ0v) is 15.1. The minimum atomic E-state index is -0.922. The van der Waals surface area contributed by atoms with Gasteiger partial charge in [-0.2, -0.15) is 5.26 Å². The first-order valence-electron chi connectivity index (χ1n) is 8.75. The van der Waals surface area contributed by atoms with Gasteiger partial charge in [0.05, 0.1) is 11.6 Å². The van der Waals surface area contributed by atoms with E-state index >= 15 is 0 Å². The van der Waals surface area contributed by atoms with Crippen LogP contribution in [0, 0.1) is 11.3 Å². The topological polar surface area (TPSA) is 99.5 Å². The maximum atomic E-state index is 12.7.